The Morgan fingerprint density at radius 3 is 2.33 bits per heavy atom. The highest BCUT2D eigenvalue weighted by atomic mass is 16.5. The second kappa shape index (κ2) is 15.8. The van der Waals surface area contributed by atoms with Crippen LogP contribution in [0.3, 0.4) is 0 Å². The molecule has 1 N–H and O–H groups in total. The molecule has 0 radical (unpaired) electrons. The van der Waals surface area contributed by atoms with E-state index in [4.69, 9.17) is 0 Å². The minimum absolute atomic E-state index is 0.0729. The van der Waals surface area contributed by atoms with Crippen LogP contribution in [0.1, 0.15) is 0 Å². The fraction of sp³-hybridized carbons (Fsp3) is 0.500. The molecule has 0 aromatic carbocycles. The Hall–Kier alpha value is -1.01. The van der Waals surface area contributed by atoms with Crippen molar-refractivity contribution in [1.82, 2.24) is 5.32 Å². The quantitative estimate of drug-likeness (QED) is 0.314. The molecule has 0 spiro atoms. The van der Waals surface area contributed by atoms with Crippen LogP contribution in [0.25, 0.3) is 0 Å². The maximum atomic E-state index is 9.25. The average molecular weight is 129 g/mol. The highest BCUT2D eigenvalue weighted by Crippen LogP contribution is 1.56. The fourth-order valence-corrected chi connectivity index (χ4v) is 0.0821. The van der Waals surface area contributed by atoms with Crippen LogP contribution >= 0.6 is 0 Å². The number of nitrogens with one attached hydrogen (secondary N) is 1. The summed E-state index contributed by atoms with van der Waals surface area (Å²) < 4.78 is 4.07. The molecule has 0 aliphatic rings. The van der Waals surface area contributed by atoms with Crippen molar-refractivity contribution in [3.63, 3.8) is 0 Å². The summed E-state index contributed by atoms with van der Waals surface area (Å²) in [7, 11) is 3.75. The smallest absolute Gasteiger partial charge is 0.294 e. The van der Waals surface area contributed by atoms with Crippen LogP contribution < -0.4 is 5.32 Å². The van der Waals surface area contributed by atoms with Gasteiger partial charge in [-0.2, -0.15) is 0 Å². The number of rotatable bonds is 2. The van der Waals surface area contributed by atoms with Crippen LogP contribution in [0, 0.1) is 12.3 Å². The van der Waals surface area contributed by atoms with Gasteiger partial charge in [0.15, 0.2) is 6.61 Å². The lowest BCUT2D eigenvalue weighted by atomic mass is 10.8. The molecule has 0 atom stereocenters. The lowest BCUT2D eigenvalue weighted by molar-refractivity contribution is -0.127. The Morgan fingerprint density at radius 2 is 2.22 bits per heavy atom. The van der Waals surface area contributed by atoms with Gasteiger partial charge in [-0.1, -0.05) is 5.92 Å². The Kier molecular flexibility index (Phi) is 19.0. The van der Waals surface area contributed by atoms with Gasteiger partial charge in [-0.15, -0.1) is 6.42 Å². The fourth-order valence-electron chi connectivity index (χ4n) is 0.0821. The van der Waals surface area contributed by atoms with E-state index in [0.29, 0.717) is 6.47 Å². The average Bonchev–Trinajstić information content (AvgIpc) is 1.86. The molecule has 0 amide bonds. The van der Waals surface area contributed by atoms with Crippen molar-refractivity contribution >= 4 is 6.47 Å². The molecule has 0 saturated heterocycles. The first-order chi connectivity index (χ1) is 4.33. The first-order valence-electron chi connectivity index (χ1n) is 2.40. The lowest BCUT2D eigenvalue weighted by Gasteiger charge is -1.79. The van der Waals surface area contributed by atoms with Gasteiger partial charge in [0.1, 0.15) is 0 Å². The molecule has 0 aromatic heterocycles. The molecule has 0 heterocycles. The third kappa shape index (κ3) is 44.0. The summed E-state index contributed by atoms with van der Waals surface area (Å²) in [6, 6.07) is 0. The van der Waals surface area contributed by atoms with Crippen molar-refractivity contribution in [3.05, 3.63) is 0 Å². The van der Waals surface area contributed by atoms with Crippen LogP contribution in [0.4, 0.5) is 0 Å². The molecule has 0 aliphatic carbocycles. The second-order valence-electron chi connectivity index (χ2n) is 1.11. The van der Waals surface area contributed by atoms with Crippen LogP contribution in [-0.4, -0.2) is 27.2 Å². The van der Waals surface area contributed by atoms with Crippen LogP contribution in [0.2, 0.25) is 0 Å². The SMILES string of the molecule is C#CCOC=O.CNC. The van der Waals surface area contributed by atoms with Gasteiger partial charge in [-0.05, 0) is 14.1 Å². The molecule has 0 rings (SSSR count). The molecule has 0 bridgehead atoms. The van der Waals surface area contributed by atoms with Gasteiger partial charge in [0, 0.05) is 0 Å². The van der Waals surface area contributed by atoms with Gasteiger partial charge in [-0.3, -0.25) is 4.79 Å². The summed E-state index contributed by atoms with van der Waals surface area (Å²) >= 11 is 0. The number of hydrogen-bond donors (Lipinski definition) is 1. The molecule has 0 unspecified atom stereocenters. The van der Waals surface area contributed by atoms with E-state index in [0.717, 1.165) is 0 Å². The highest BCUT2D eigenvalue weighted by molar-refractivity contribution is 5.37. The highest BCUT2D eigenvalue weighted by Gasteiger charge is 1.65. The van der Waals surface area contributed by atoms with Gasteiger partial charge >= 0.3 is 0 Å². The number of ether oxygens (including phenoxy) is 1. The van der Waals surface area contributed by atoms with Crippen LogP contribution in [-0.2, 0) is 9.53 Å². The van der Waals surface area contributed by atoms with E-state index in [2.05, 4.69) is 22.4 Å². The van der Waals surface area contributed by atoms with Crippen molar-refractivity contribution in [3.8, 4) is 12.3 Å². The Bertz CT molecular complexity index is 85.5. The summed E-state index contributed by atoms with van der Waals surface area (Å²) in [5.41, 5.74) is 0. The molecule has 0 aliphatic heterocycles. The van der Waals surface area contributed by atoms with Crippen molar-refractivity contribution < 1.29 is 9.53 Å². The lowest BCUT2D eigenvalue weighted by Crippen LogP contribution is -1.89. The van der Waals surface area contributed by atoms with Gasteiger partial charge in [0.25, 0.3) is 6.47 Å². The maximum absolute atomic E-state index is 9.25. The Labute approximate surface area is 55.4 Å². The minimum Gasteiger partial charge on any atom is -0.455 e. The molecule has 0 fully saturated rings. The van der Waals surface area contributed by atoms with Gasteiger partial charge in [0.05, 0.1) is 0 Å². The van der Waals surface area contributed by atoms with Gasteiger partial charge < -0.3 is 10.1 Å². The molecule has 0 saturated carbocycles. The van der Waals surface area contributed by atoms with E-state index in [1.807, 2.05) is 14.1 Å². The second-order valence-corrected chi connectivity index (χ2v) is 1.11. The van der Waals surface area contributed by atoms with E-state index in [1.165, 1.54) is 0 Å². The van der Waals surface area contributed by atoms with E-state index < -0.39 is 0 Å². The van der Waals surface area contributed by atoms with Crippen LogP contribution in [0.15, 0.2) is 0 Å². The number of carbonyl (C=O) groups excluding carboxylic acids is 1. The molecule has 3 nitrogen and oxygen atoms in total. The third-order valence-electron chi connectivity index (χ3n) is 0.235. The summed E-state index contributed by atoms with van der Waals surface area (Å²) in [4.78, 5) is 9.25. The summed E-state index contributed by atoms with van der Waals surface area (Å²) in [5.74, 6) is 2.12. The predicted octanol–water partition coefficient (Wildman–Crippen LogP) is -0.372. The van der Waals surface area contributed by atoms with Crippen molar-refractivity contribution in [2.24, 2.45) is 0 Å². The summed E-state index contributed by atoms with van der Waals surface area (Å²) in [6.45, 7) is 0.392. The number of terminal acetylenes is 1. The molecular formula is C6H11NO2. The molecule has 3 heteroatoms. The molecule has 0 aromatic rings. The maximum Gasteiger partial charge on any atom is 0.294 e. The first-order valence-corrected chi connectivity index (χ1v) is 2.40. The molecular weight excluding hydrogens is 118 g/mol. The van der Waals surface area contributed by atoms with Crippen molar-refractivity contribution in [1.29, 1.82) is 0 Å². The third-order valence-corrected chi connectivity index (χ3v) is 0.235. The van der Waals surface area contributed by atoms with Crippen molar-refractivity contribution in [2.75, 3.05) is 20.7 Å². The normalized spacial score (nSPS) is 5.89. The topological polar surface area (TPSA) is 38.3 Å². The minimum atomic E-state index is 0.0729. The van der Waals surface area contributed by atoms with Crippen molar-refractivity contribution in [2.45, 2.75) is 0 Å². The van der Waals surface area contributed by atoms with Gasteiger partial charge in [-0.25, -0.2) is 0 Å². The van der Waals surface area contributed by atoms with E-state index in [1.54, 1.807) is 0 Å². The standard InChI is InChI=1S/C4H4O2.C2H7N/c1-2-3-6-4-5;1-3-2/h1,4H,3H2;3H,1-2H3. The summed E-state index contributed by atoms with van der Waals surface area (Å²) in [5, 5.41) is 2.75. The number of hydrogen-bond acceptors (Lipinski definition) is 3. The summed E-state index contributed by atoms with van der Waals surface area (Å²) in [6.07, 6.45) is 4.68. The zero-order valence-electron chi connectivity index (χ0n) is 5.68. The number of carbonyl (C=O) groups is 1. The van der Waals surface area contributed by atoms with E-state index in [9.17, 15) is 4.79 Å². The molecule has 52 valence electrons. The Morgan fingerprint density at radius 1 is 1.78 bits per heavy atom. The predicted molar refractivity (Wildman–Crippen MR) is 35.8 cm³/mol. The van der Waals surface area contributed by atoms with Gasteiger partial charge in [0.2, 0.25) is 0 Å². The van der Waals surface area contributed by atoms with E-state index >= 15 is 0 Å². The molecule has 9 heavy (non-hydrogen) atoms. The van der Waals surface area contributed by atoms with Crippen LogP contribution in [0.5, 0.6) is 0 Å². The van der Waals surface area contributed by atoms with E-state index in [-0.39, 0.29) is 6.61 Å². The zero-order valence-corrected chi connectivity index (χ0v) is 5.68. The zero-order chi connectivity index (χ0) is 7.54. The first kappa shape index (κ1) is 10.9. The monoisotopic (exact) mass is 129 g/mol. The Balaban J connectivity index is 0. The largest absolute Gasteiger partial charge is 0.455 e.